The van der Waals surface area contributed by atoms with Gasteiger partial charge in [-0.25, -0.2) is 0 Å². The number of hydrogen-bond donors (Lipinski definition) is 3. The molecule has 4 rings (SSSR count). The number of methoxy groups -OCH3 is 2. The normalized spacial score (nSPS) is 21.1. The number of fused-ring (bicyclic) bond motifs is 3. The summed E-state index contributed by atoms with van der Waals surface area (Å²) in [4.78, 5) is 26.6. The van der Waals surface area contributed by atoms with Crippen LogP contribution in [0.2, 0.25) is 0 Å². The lowest BCUT2D eigenvalue weighted by Gasteiger charge is -2.38. The number of aromatic hydroxyl groups is 1. The van der Waals surface area contributed by atoms with Gasteiger partial charge in [0.1, 0.15) is 17.2 Å². The number of ether oxygens (including phenoxy) is 2. The molecule has 0 aliphatic heterocycles. The molecule has 2 aliphatic rings. The first-order chi connectivity index (χ1) is 13.7. The monoisotopic (exact) mass is 398 g/mol. The van der Waals surface area contributed by atoms with Crippen molar-refractivity contribution < 1.29 is 34.4 Å². The number of ketones is 2. The molecule has 7 heteroatoms. The first-order valence-electron chi connectivity index (χ1n) is 9.36. The molecule has 0 saturated carbocycles. The number of aliphatic hydroxyl groups is 2. The second-order valence-electron chi connectivity index (χ2n) is 7.59. The highest BCUT2D eigenvalue weighted by molar-refractivity contribution is 6.31. The summed E-state index contributed by atoms with van der Waals surface area (Å²) in [5.41, 5.74) is -0.378. The lowest BCUT2D eigenvalue weighted by molar-refractivity contribution is -0.0748. The van der Waals surface area contributed by atoms with Crippen molar-refractivity contribution in [3.63, 3.8) is 0 Å². The molecule has 3 N–H and O–H groups in total. The van der Waals surface area contributed by atoms with Crippen LogP contribution in [0.4, 0.5) is 0 Å². The highest BCUT2D eigenvalue weighted by Crippen LogP contribution is 2.48. The molecule has 2 aliphatic carbocycles. The molecule has 0 heterocycles. The van der Waals surface area contributed by atoms with Gasteiger partial charge in [-0.2, -0.15) is 0 Å². The Kier molecular flexibility index (Phi) is 4.40. The fourth-order valence-corrected chi connectivity index (χ4v) is 4.41. The Labute approximate surface area is 167 Å². The zero-order valence-corrected chi connectivity index (χ0v) is 16.4. The molecule has 0 fully saturated rings. The number of carbonyl (C=O) groups excluding carboxylic acids is 2. The molecular formula is C22H22O7. The molecule has 7 nitrogen and oxygen atoms in total. The van der Waals surface area contributed by atoms with E-state index in [1.165, 1.54) is 27.2 Å². The molecule has 0 aromatic heterocycles. The van der Waals surface area contributed by atoms with Gasteiger partial charge in [0.25, 0.3) is 0 Å². The van der Waals surface area contributed by atoms with E-state index < -0.39 is 23.3 Å². The topological polar surface area (TPSA) is 113 Å². The summed E-state index contributed by atoms with van der Waals surface area (Å²) in [5, 5.41) is 31.8. The van der Waals surface area contributed by atoms with Gasteiger partial charge < -0.3 is 24.8 Å². The maximum Gasteiger partial charge on any atom is 0.202 e. The average Bonchev–Trinajstić information content (AvgIpc) is 2.71. The Morgan fingerprint density at radius 2 is 1.76 bits per heavy atom. The van der Waals surface area contributed by atoms with Crippen LogP contribution in [0, 0.1) is 0 Å². The molecular weight excluding hydrogens is 376 g/mol. The maximum absolute atomic E-state index is 13.3. The van der Waals surface area contributed by atoms with Crippen molar-refractivity contribution in [2.24, 2.45) is 0 Å². The smallest absolute Gasteiger partial charge is 0.202 e. The second kappa shape index (κ2) is 6.57. The summed E-state index contributed by atoms with van der Waals surface area (Å²) >= 11 is 0. The maximum atomic E-state index is 13.3. The zero-order chi connectivity index (χ0) is 21.1. The van der Waals surface area contributed by atoms with Gasteiger partial charge in [0.15, 0.2) is 5.78 Å². The van der Waals surface area contributed by atoms with Crippen molar-refractivity contribution in [2.75, 3.05) is 14.2 Å². The molecule has 0 unspecified atom stereocenters. The molecule has 0 spiro atoms. The van der Waals surface area contributed by atoms with E-state index in [2.05, 4.69) is 0 Å². The Bertz CT molecular complexity index is 1050. The van der Waals surface area contributed by atoms with E-state index in [0.29, 0.717) is 11.1 Å². The van der Waals surface area contributed by atoms with Crippen LogP contribution < -0.4 is 9.47 Å². The van der Waals surface area contributed by atoms with E-state index >= 15 is 0 Å². The number of benzene rings is 2. The number of phenolic OH excluding ortho intramolecular Hbond substituents is 1. The standard InChI is InChI=1S/C22H22O7/c1-10(23)22(27)8-7-11-13(9-22)21(29-3)17-16(18(11)24)20(26)15-12(19(17)25)5-4-6-14(15)28-2/h4-6,10,23-24,27H,7-9H2,1-3H3/t10-,22+/m0/s1. The summed E-state index contributed by atoms with van der Waals surface area (Å²) < 4.78 is 10.8. The van der Waals surface area contributed by atoms with Crippen LogP contribution in [-0.4, -0.2) is 52.8 Å². The quantitative estimate of drug-likeness (QED) is 0.616. The minimum Gasteiger partial charge on any atom is -0.507 e. The SMILES string of the molecule is COc1cccc2c1C(=O)c1c(O)c3c(c(OC)c1C2=O)C[C@@](O)([C@H](C)O)CC3. The van der Waals surface area contributed by atoms with Gasteiger partial charge in [-0.05, 0) is 25.8 Å². The van der Waals surface area contributed by atoms with E-state index in [1.54, 1.807) is 12.1 Å². The Morgan fingerprint density at radius 3 is 2.38 bits per heavy atom. The van der Waals surface area contributed by atoms with Gasteiger partial charge in [0.2, 0.25) is 5.78 Å². The lowest BCUT2D eigenvalue weighted by Crippen LogP contribution is -2.45. The Hall–Kier alpha value is -2.90. The van der Waals surface area contributed by atoms with Crippen molar-refractivity contribution in [1.29, 1.82) is 0 Å². The van der Waals surface area contributed by atoms with E-state index in [1.807, 2.05) is 0 Å². The highest BCUT2D eigenvalue weighted by atomic mass is 16.5. The highest BCUT2D eigenvalue weighted by Gasteiger charge is 2.44. The molecule has 2 aromatic carbocycles. The molecule has 2 aromatic rings. The molecule has 152 valence electrons. The zero-order valence-electron chi connectivity index (χ0n) is 16.4. The Balaban J connectivity index is 2.02. The number of aliphatic hydroxyl groups excluding tert-OH is 1. The third kappa shape index (κ3) is 2.58. The van der Waals surface area contributed by atoms with Crippen LogP contribution in [0.25, 0.3) is 0 Å². The summed E-state index contributed by atoms with van der Waals surface area (Å²) in [7, 11) is 2.79. The first-order valence-corrected chi connectivity index (χ1v) is 9.36. The fourth-order valence-electron chi connectivity index (χ4n) is 4.41. The molecule has 29 heavy (non-hydrogen) atoms. The predicted octanol–water partition coefficient (Wildman–Crippen LogP) is 1.79. The summed E-state index contributed by atoms with van der Waals surface area (Å²) in [6, 6.07) is 4.73. The predicted molar refractivity (Wildman–Crippen MR) is 103 cm³/mol. The molecule has 0 saturated heterocycles. The first kappa shape index (κ1) is 19.4. The average molecular weight is 398 g/mol. The van der Waals surface area contributed by atoms with Crippen molar-refractivity contribution in [3.05, 3.63) is 51.6 Å². The lowest BCUT2D eigenvalue weighted by atomic mass is 9.73. The van der Waals surface area contributed by atoms with E-state index in [4.69, 9.17) is 9.47 Å². The molecule has 2 atom stereocenters. The summed E-state index contributed by atoms with van der Waals surface area (Å²) in [6.07, 6.45) is -0.584. The number of phenols is 1. The van der Waals surface area contributed by atoms with E-state index in [0.717, 1.165) is 0 Å². The fraction of sp³-hybridized carbons (Fsp3) is 0.364. The van der Waals surface area contributed by atoms with Crippen molar-refractivity contribution in [1.82, 2.24) is 0 Å². The van der Waals surface area contributed by atoms with Crippen LogP contribution in [0.5, 0.6) is 17.2 Å². The van der Waals surface area contributed by atoms with Crippen LogP contribution in [0.1, 0.15) is 56.3 Å². The second-order valence-corrected chi connectivity index (χ2v) is 7.59. The van der Waals surface area contributed by atoms with Crippen molar-refractivity contribution in [2.45, 2.75) is 37.9 Å². The van der Waals surface area contributed by atoms with Crippen LogP contribution in [0.15, 0.2) is 18.2 Å². The molecule has 0 bridgehead atoms. The van der Waals surface area contributed by atoms with E-state index in [-0.39, 0.29) is 58.8 Å². The van der Waals surface area contributed by atoms with E-state index in [9.17, 15) is 24.9 Å². The van der Waals surface area contributed by atoms with Gasteiger partial charge in [-0.1, -0.05) is 12.1 Å². The minimum atomic E-state index is -1.41. The number of carbonyl (C=O) groups is 2. The largest absolute Gasteiger partial charge is 0.507 e. The van der Waals surface area contributed by atoms with Crippen LogP contribution in [0.3, 0.4) is 0 Å². The number of hydrogen-bond acceptors (Lipinski definition) is 7. The Morgan fingerprint density at radius 1 is 1.03 bits per heavy atom. The summed E-state index contributed by atoms with van der Waals surface area (Å²) in [5.74, 6) is -0.848. The van der Waals surface area contributed by atoms with Crippen molar-refractivity contribution >= 4 is 11.6 Å². The van der Waals surface area contributed by atoms with Crippen molar-refractivity contribution in [3.8, 4) is 17.2 Å². The van der Waals surface area contributed by atoms with Gasteiger partial charge in [0, 0.05) is 23.1 Å². The number of rotatable bonds is 3. The third-order valence-electron chi connectivity index (χ3n) is 6.08. The molecule has 0 radical (unpaired) electrons. The minimum absolute atomic E-state index is 0.00352. The van der Waals surface area contributed by atoms with Gasteiger partial charge in [-0.15, -0.1) is 0 Å². The van der Waals surface area contributed by atoms with Gasteiger partial charge >= 0.3 is 0 Å². The van der Waals surface area contributed by atoms with Gasteiger partial charge in [0.05, 0.1) is 42.6 Å². The van der Waals surface area contributed by atoms with Gasteiger partial charge in [-0.3, -0.25) is 9.59 Å². The summed E-state index contributed by atoms with van der Waals surface area (Å²) in [6.45, 7) is 1.49. The molecule has 0 amide bonds. The van der Waals surface area contributed by atoms with Crippen LogP contribution >= 0.6 is 0 Å². The van der Waals surface area contributed by atoms with Crippen LogP contribution in [-0.2, 0) is 12.8 Å². The third-order valence-corrected chi connectivity index (χ3v) is 6.08.